The molecule has 130 valence electrons. The SMILES string of the molecule is CCC(C)(C)NC(=O)CN(C)S(=O)(=O)c1cccc2cccnc12. The molecule has 0 saturated carbocycles. The summed E-state index contributed by atoms with van der Waals surface area (Å²) in [6, 6.07) is 8.54. The summed E-state index contributed by atoms with van der Waals surface area (Å²) in [7, 11) is -2.41. The van der Waals surface area contributed by atoms with Crippen molar-refractivity contribution in [3.05, 3.63) is 36.5 Å². The zero-order valence-electron chi connectivity index (χ0n) is 14.4. The summed E-state index contributed by atoms with van der Waals surface area (Å²) >= 11 is 0. The minimum Gasteiger partial charge on any atom is -0.350 e. The smallest absolute Gasteiger partial charge is 0.245 e. The van der Waals surface area contributed by atoms with Crippen LogP contribution in [0.5, 0.6) is 0 Å². The maximum absolute atomic E-state index is 12.8. The zero-order valence-corrected chi connectivity index (χ0v) is 15.2. The number of hydrogen-bond donors (Lipinski definition) is 1. The number of para-hydroxylation sites is 1. The van der Waals surface area contributed by atoms with Gasteiger partial charge in [0.15, 0.2) is 0 Å². The number of pyridine rings is 1. The Morgan fingerprint density at radius 2 is 1.92 bits per heavy atom. The first-order valence-electron chi connectivity index (χ1n) is 7.78. The van der Waals surface area contributed by atoms with Gasteiger partial charge < -0.3 is 5.32 Å². The number of carbonyl (C=O) groups is 1. The largest absolute Gasteiger partial charge is 0.350 e. The van der Waals surface area contributed by atoms with E-state index in [9.17, 15) is 13.2 Å². The molecule has 1 aromatic carbocycles. The standard InChI is InChI=1S/C17H23N3O3S/c1-5-17(2,3)19-15(21)12-20(4)24(22,23)14-10-6-8-13-9-7-11-18-16(13)14/h6-11H,5,12H2,1-4H3,(H,19,21). The second-order valence-electron chi connectivity index (χ2n) is 6.38. The summed E-state index contributed by atoms with van der Waals surface area (Å²) < 4.78 is 26.7. The van der Waals surface area contributed by atoms with E-state index in [0.29, 0.717) is 5.52 Å². The van der Waals surface area contributed by atoms with Crippen molar-refractivity contribution in [3.8, 4) is 0 Å². The average Bonchev–Trinajstić information content (AvgIpc) is 2.53. The fourth-order valence-corrected chi connectivity index (χ4v) is 3.53. The number of aromatic nitrogens is 1. The van der Waals surface area contributed by atoms with Crippen molar-refractivity contribution in [2.75, 3.05) is 13.6 Å². The van der Waals surface area contributed by atoms with E-state index in [1.165, 1.54) is 13.1 Å². The van der Waals surface area contributed by atoms with Gasteiger partial charge in [0.05, 0.1) is 12.1 Å². The molecule has 7 heteroatoms. The van der Waals surface area contributed by atoms with E-state index in [4.69, 9.17) is 0 Å². The highest BCUT2D eigenvalue weighted by Gasteiger charge is 2.27. The number of likely N-dealkylation sites (N-methyl/N-ethyl adjacent to an activating group) is 1. The van der Waals surface area contributed by atoms with Gasteiger partial charge in [0.1, 0.15) is 4.90 Å². The molecule has 24 heavy (non-hydrogen) atoms. The number of amides is 1. The first kappa shape index (κ1) is 18.4. The van der Waals surface area contributed by atoms with E-state index in [-0.39, 0.29) is 22.9 Å². The van der Waals surface area contributed by atoms with Crippen LogP contribution in [0.3, 0.4) is 0 Å². The van der Waals surface area contributed by atoms with Crippen molar-refractivity contribution < 1.29 is 13.2 Å². The molecular formula is C17H23N3O3S. The first-order chi connectivity index (χ1) is 11.2. The number of sulfonamides is 1. The molecule has 0 atom stereocenters. The Labute approximate surface area is 142 Å². The monoisotopic (exact) mass is 349 g/mol. The van der Waals surface area contributed by atoms with Gasteiger partial charge in [0, 0.05) is 24.2 Å². The van der Waals surface area contributed by atoms with Gasteiger partial charge in [0.25, 0.3) is 0 Å². The van der Waals surface area contributed by atoms with Gasteiger partial charge in [-0.2, -0.15) is 4.31 Å². The number of hydrogen-bond acceptors (Lipinski definition) is 4. The van der Waals surface area contributed by atoms with Crippen molar-refractivity contribution in [3.63, 3.8) is 0 Å². The van der Waals surface area contributed by atoms with E-state index in [0.717, 1.165) is 16.1 Å². The molecule has 6 nitrogen and oxygen atoms in total. The fourth-order valence-electron chi connectivity index (χ4n) is 2.24. The maximum Gasteiger partial charge on any atom is 0.245 e. The van der Waals surface area contributed by atoms with Crippen LogP contribution in [0.1, 0.15) is 27.2 Å². The van der Waals surface area contributed by atoms with E-state index in [1.54, 1.807) is 30.5 Å². The highest BCUT2D eigenvalue weighted by molar-refractivity contribution is 7.89. The summed E-state index contributed by atoms with van der Waals surface area (Å²) in [6.07, 6.45) is 2.31. The van der Waals surface area contributed by atoms with E-state index in [2.05, 4.69) is 10.3 Å². The van der Waals surface area contributed by atoms with Gasteiger partial charge >= 0.3 is 0 Å². The molecule has 0 aliphatic heterocycles. The van der Waals surface area contributed by atoms with E-state index in [1.807, 2.05) is 20.8 Å². The minimum absolute atomic E-state index is 0.102. The Morgan fingerprint density at radius 1 is 1.25 bits per heavy atom. The van der Waals surface area contributed by atoms with Crippen LogP contribution in [0.15, 0.2) is 41.4 Å². The predicted molar refractivity (Wildman–Crippen MR) is 94.1 cm³/mol. The summed E-state index contributed by atoms with van der Waals surface area (Å²) in [4.78, 5) is 16.4. The lowest BCUT2D eigenvalue weighted by Crippen LogP contribution is -2.47. The van der Waals surface area contributed by atoms with Crippen LogP contribution >= 0.6 is 0 Å². The molecule has 1 N–H and O–H groups in total. The fraction of sp³-hybridized carbons (Fsp3) is 0.412. The summed E-state index contributed by atoms with van der Waals surface area (Å²) in [5, 5.41) is 3.58. The lowest BCUT2D eigenvalue weighted by atomic mass is 10.0. The van der Waals surface area contributed by atoms with Gasteiger partial charge in [-0.15, -0.1) is 0 Å². The molecule has 2 rings (SSSR count). The molecule has 0 aliphatic carbocycles. The quantitative estimate of drug-likeness (QED) is 0.867. The number of benzene rings is 1. The Hall–Kier alpha value is -1.99. The van der Waals surface area contributed by atoms with E-state index >= 15 is 0 Å². The molecule has 0 aliphatic rings. The van der Waals surface area contributed by atoms with Crippen LogP contribution < -0.4 is 5.32 Å². The second kappa shape index (κ2) is 6.86. The Morgan fingerprint density at radius 3 is 2.58 bits per heavy atom. The van der Waals surface area contributed by atoms with E-state index < -0.39 is 10.0 Å². The molecule has 1 amide bonds. The Kier molecular flexibility index (Phi) is 5.25. The number of nitrogens with one attached hydrogen (secondary N) is 1. The Bertz CT molecular complexity index is 842. The summed E-state index contributed by atoms with van der Waals surface area (Å²) in [5.41, 5.74) is 0.0315. The molecule has 1 aromatic heterocycles. The minimum atomic E-state index is -3.81. The normalized spacial score (nSPS) is 12.5. The average molecular weight is 349 g/mol. The molecule has 0 bridgehead atoms. The second-order valence-corrected chi connectivity index (χ2v) is 8.39. The van der Waals surface area contributed by atoms with Gasteiger partial charge in [-0.1, -0.05) is 25.1 Å². The van der Waals surface area contributed by atoms with Crippen molar-refractivity contribution in [2.24, 2.45) is 0 Å². The molecule has 0 saturated heterocycles. The van der Waals surface area contributed by atoms with Gasteiger partial charge in [-0.3, -0.25) is 9.78 Å². The first-order valence-corrected chi connectivity index (χ1v) is 9.22. The lowest BCUT2D eigenvalue weighted by Gasteiger charge is -2.26. The molecular weight excluding hydrogens is 326 g/mol. The third kappa shape index (κ3) is 3.91. The van der Waals surface area contributed by atoms with Gasteiger partial charge in [-0.25, -0.2) is 8.42 Å². The van der Waals surface area contributed by atoms with Crippen molar-refractivity contribution >= 4 is 26.8 Å². The van der Waals surface area contributed by atoms with Crippen LogP contribution in [0, 0.1) is 0 Å². The summed E-state index contributed by atoms with van der Waals surface area (Å²) in [6.45, 7) is 5.51. The zero-order chi connectivity index (χ0) is 18.0. The number of fused-ring (bicyclic) bond motifs is 1. The van der Waals surface area contributed by atoms with Gasteiger partial charge in [-0.05, 0) is 32.4 Å². The van der Waals surface area contributed by atoms with Crippen LogP contribution in [0.2, 0.25) is 0 Å². The lowest BCUT2D eigenvalue weighted by molar-refractivity contribution is -0.122. The number of rotatable bonds is 6. The molecule has 0 radical (unpaired) electrons. The van der Waals surface area contributed by atoms with Crippen molar-refractivity contribution in [1.29, 1.82) is 0 Å². The topological polar surface area (TPSA) is 79.4 Å². The molecule has 1 heterocycles. The number of nitrogens with zero attached hydrogens (tertiary/aromatic N) is 2. The molecule has 2 aromatic rings. The van der Waals surface area contributed by atoms with Crippen LogP contribution in [0.4, 0.5) is 0 Å². The molecule has 0 unspecified atom stereocenters. The molecule has 0 spiro atoms. The van der Waals surface area contributed by atoms with Crippen LogP contribution in [-0.2, 0) is 14.8 Å². The third-order valence-electron chi connectivity index (χ3n) is 4.01. The van der Waals surface area contributed by atoms with Crippen molar-refractivity contribution in [2.45, 2.75) is 37.6 Å². The summed E-state index contributed by atoms with van der Waals surface area (Å²) in [5.74, 6) is -0.332. The van der Waals surface area contributed by atoms with Crippen LogP contribution in [-0.4, -0.2) is 42.7 Å². The maximum atomic E-state index is 12.8. The Balaban J connectivity index is 2.28. The van der Waals surface area contributed by atoms with Crippen molar-refractivity contribution in [1.82, 2.24) is 14.6 Å². The predicted octanol–water partition coefficient (Wildman–Crippen LogP) is 2.16. The highest BCUT2D eigenvalue weighted by atomic mass is 32.2. The van der Waals surface area contributed by atoms with Gasteiger partial charge in [0.2, 0.25) is 15.9 Å². The third-order valence-corrected chi connectivity index (χ3v) is 5.85. The van der Waals surface area contributed by atoms with Crippen LogP contribution in [0.25, 0.3) is 10.9 Å². The molecule has 0 fully saturated rings. The number of carbonyl (C=O) groups excluding carboxylic acids is 1. The highest BCUT2D eigenvalue weighted by Crippen LogP contribution is 2.23.